The van der Waals surface area contributed by atoms with Crippen LogP contribution in [0.4, 0.5) is 0 Å². The smallest absolute Gasteiger partial charge is 0.258 e. The Morgan fingerprint density at radius 2 is 1.78 bits per heavy atom. The van der Waals surface area contributed by atoms with E-state index in [0.29, 0.717) is 31.6 Å². The molecule has 0 saturated carbocycles. The summed E-state index contributed by atoms with van der Waals surface area (Å²) >= 11 is 0. The zero-order valence-electron chi connectivity index (χ0n) is 19.0. The van der Waals surface area contributed by atoms with Crippen LogP contribution in [0.25, 0.3) is 11.1 Å². The van der Waals surface area contributed by atoms with Gasteiger partial charge in [0.05, 0.1) is 11.8 Å². The van der Waals surface area contributed by atoms with Crippen LogP contribution in [-0.2, 0) is 18.3 Å². The lowest BCUT2D eigenvalue weighted by atomic mass is 9.93. The first-order chi connectivity index (χ1) is 15.5. The van der Waals surface area contributed by atoms with E-state index >= 15 is 0 Å². The van der Waals surface area contributed by atoms with Crippen molar-refractivity contribution in [1.82, 2.24) is 19.6 Å². The van der Waals surface area contributed by atoms with Crippen molar-refractivity contribution >= 4 is 11.8 Å². The number of hydrogen-bond acceptors (Lipinski definition) is 3. The van der Waals surface area contributed by atoms with Gasteiger partial charge >= 0.3 is 0 Å². The Labute approximate surface area is 189 Å². The van der Waals surface area contributed by atoms with Crippen LogP contribution < -0.4 is 0 Å². The quantitative estimate of drug-likeness (QED) is 0.599. The minimum absolute atomic E-state index is 0.0239. The van der Waals surface area contributed by atoms with E-state index in [1.807, 2.05) is 49.2 Å². The number of aromatic nitrogens is 2. The zero-order valence-corrected chi connectivity index (χ0v) is 19.0. The molecule has 0 bridgehead atoms. The van der Waals surface area contributed by atoms with Gasteiger partial charge in [-0.1, -0.05) is 61.5 Å². The summed E-state index contributed by atoms with van der Waals surface area (Å²) in [6.45, 7) is 5.76. The number of aryl methyl sites for hydroxylation is 1. The van der Waals surface area contributed by atoms with Crippen molar-refractivity contribution in [2.45, 2.75) is 32.7 Å². The number of nitrogens with zero attached hydrogens (tertiary/aromatic N) is 4. The molecule has 32 heavy (non-hydrogen) atoms. The van der Waals surface area contributed by atoms with Crippen molar-refractivity contribution in [2.75, 3.05) is 19.6 Å². The minimum atomic E-state index is -0.535. The summed E-state index contributed by atoms with van der Waals surface area (Å²) < 4.78 is 1.70. The highest BCUT2D eigenvalue weighted by atomic mass is 16.2. The second-order valence-corrected chi connectivity index (χ2v) is 8.33. The first-order valence-electron chi connectivity index (χ1n) is 11.2. The maximum Gasteiger partial charge on any atom is 0.258 e. The van der Waals surface area contributed by atoms with Gasteiger partial charge in [-0.15, -0.1) is 0 Å². The summed E-state index contributed by atoms with van der Waals surface area (Å²) in [6, 6.07) is 17.8. The van der Waals surface area contributed by atoms with Crippen molar-refractivity contribution in [3.8, 4) is 11.1 Å². The van der Waals surface area contributed by atoms with E-state index in [1.165, 1.54) is 0 Å². The van der Waals surface area contributed by atoms with Gasteiger partial charge in [0.2, 0.25) is 5.91 Å². The molecule has 1 aromatic heterocycles. The molecule has 166 valence electrons. The van der Waals surface area contributed by atoms with Crippen LogP contribution in [0.5, 0.6) is 0 Å². The monoisotopic (exact) mass is 430 g/mol. The van der Waals surface area contributed by atoms with Gasteiger partial charge in [-0.05, 0) is 30.0 Å². The molecule has 1 saturated heterocycles. The van der Waals surface area contributed by atoms with Crippen LogP contribution in [0.2, 0.25) is 0 Å². The molecule has 0 unspecified atom stereocenters. The maximum absolute atomic E-state index is 13.5. The van der Waals surface area contributed by atoms with Crippen molar-refractivity contribution in [3.63, 3.8) is 0 Å². The molecule has 1 aliphatic heterocycles. The Bertz CT molecular complexity index is 1110. The summed E-state index contributed by atoms with van der Waals surface area (Å²) in [6.07, 6.45) is 2.99. The van der Waals surface area contributed by atoms with Crippen molar-refractivity contribution in [2.24, 2.45) is 7.05 Å². The molecule has 0 radical (unpaired) electrons. The normalized spacial score (nSPS) is 16.5. The Morgan fingerprint density at radius 1 is 1.06 bits per heavy atom. The topological polar surface area (TPSA) is 58.4 Å². The lowest BCUT2D eigenvalue weighted by Crippen LogP contribution is -2.59. The predicted octanol–water partition coefficient (Wildman–Crippen LogP) is 3.70. The highest BCUT2D eigenvalue weighted by Crippen LogP contribution is 2.27. The molecule has 1 aliphatic rings. The van der Waals surface area contributed by atoms with Gasteiger partial charge in [-0.2, -0.15) is 5.10 Å². The third-order valence-electron chi connectivity index (χ3n) is 6.32. The van der Waals surface area contributed by atoms with Crippen LogP contribution in [0.3, 0.4) is 0 Å². The molecule has 2 heterocycles. The summed E-state index contributed by atoms with van der Waals surface area (Å²) in [7, 11) is 1.82. The molecule has 3 aromatic rings. The molecule has 1 fully saturated rings. The van der Waals surface area contributed by atoms with E-state index in [4.69, 9.17) is 0 Å². The van der Waals surface area contributed by atoms with E-state index in [1.54, 1.807) is 15.8 Å². The van der Waals surface area contributed by atoms with Crippen molar-refractivity contribution in [3.05, 3.63) is 77.6 Å². The number of piperazine rings is 1. The Hall–Kier alpha value is -3.41. The Balaban J connectivity index is 1.70. The van der Waals surface area contributed by atoms with E-state index in [9.17, 15) is 9.59 Å². The van der Waals surface area contributed by atoms with E-state index in [0.717, 1.165) is 28.8 Å². The molecule has 0 spiro atoms. The SMILES string of the molecule is CCCN1CCN(C(=O)c2cnn(C)c2C)[C@H](Cc2ccccc2-c2ccccc2)C1=O. The molecule has 0 N–H and O–H groups in total. The average molecular weight is 431 g/mol. The van der Waals surface area contributed by atoms with Crippen LogP contribution in [0.15, 0.2) is 60.8 Å². The summed E-state index contributed by atoms with van der Waals surface area (Å²) in [5.74, 6) is -0.0989. The van der Waals surface area contributed by atoms with Crippen molar-refractivity contribution in [1.29, 1.82) is 0 Å². The Kier molecular flexibility index (Phi) is 6.40. The molecule has 6 nitrogen and oxygen atoms in total. The number of carbonyl (C=O) groups is 2. The van der Waals surface area contributed by atoms with Gasteiger partial charge in [0.25, 0.3) is 5.91 Å². The molecular weight excluding hydrogens is 400 g/mol. The van der Waals surface area contributed by atoms with Gasteiger partial charge in [0, 0.05) is 38.8 Å². The van der Waals surface area contributed by atoms with E-state index < -0.39 is 6.04 Å². The lowest BCUT2D eigenvalue weighted by molar-refractivity contribution is -0.140. The molecule has 2 amide bonds. The maximum atomic E-state index is 13.5. The first kappa shape index (κ1) is 21.8. The standard InChI is InChI=1S/C26H30N4O2/c1-4-14-29-15-16-30(25(31)23-18-27-28(3)19(23)2)24(26(29)32)17-21-12-8-9-13-22(21)20-10-6-5-7-11-20/h5-13,18,24H,4,14-17H2,1-3H3/t24-/m1/s1. The average Bonchev–Trinajstić information content (AvgIpc) is 3.15. The molecule has 2 aromatic carbocycles. The summed E-state index contributed by atoms with van der Waals surface area (Å²) in [4.78, 5) is 30.7. The fraction of sp³-hybridized carbons (Fsp3) is 0.346. The number of amides is 2. The Morgan fingerprint density at radius 3 is 2.47 bits per heavy atom. The summed E-state index contributed by atoms with van der Waals surface area (Å²) in [5.41, 5.74) is 4.64. The number of hydrogen-bond donors (Lipinski definition) is 0. The van der Waals surface area contributed by atoms with Crippen LogP contribution in [0.1, 0.15) is 35.0 Å². The molecular formula is C26H30N4O2. The largest absolute Gasteiger partial charge is 0.339 e. The highest BCUT2D eigenvalue weighted by molar-refractivity contribution is 5.99. The molecule has 0 aliphatic carbocycles. The van der Waals surface area contributed by atoms with Crippen LogP contribution in [-0.4, -0.2) is 57.1 Å². The second kappa shape index (κ2) is 9.39. The van der Waals surface area contributed by atoms with Gasteiger partial charge in [-0.3, -0.25) is 14.3 Å². The third-order valence-corrected chi connectivity index (χ3v) is 6.32. The van der Waals surface area contributed by atoms with Crippen molar-refractivity contribution < 1.29 is 9.59 Å². The van der Waals surface area contributed by atoms with Gasteiger partial charge in [-0.25, -0.2) is 0 Å². The van der Waals surface area contributed by atoms with Crippen LogP contribution >= 0.6 is 0 Å². The number of carbonyl (C=O) groups excluding carboxylic acids is 2. The second-order valence-electron chi connectivity index (χ2n) is 8.33. The molecule has 4 rings (SSSR count). The third kappa shape index (κ3) is 4.17. The van der Waals surface area contributed by atoms with E-state index in [-0.39, 0.29) is 11.8 Å². The fourth-order valence-electron chi connectivity index (χ4n) is 4.44. The lowest BCUT2D eigenvalue weighted by Gasteiger charge is -2.41. The zero-order chi connectivity index (χ0) is 22.7. The van der Waals surface area contributed by atoms with Gasteiger partial charge in [0.15, 0.2) is 0 Å². The molecule has 1 atom stereocenters. The number of benzene rings is 2. The van der Waals surface area contributed by atoms with Gasteiger partial charge in [0.1, 0.15) is 6.04 Å². The fourth-order valence-corrected chi connectivity index (χ4v) is 4.44. The summed E-state index contributed by atoms with van der Waals surface area (Å²) in [5, 5.41) is 4.23. The molecule has 6 heteroatoms. The van der Waals surface area contributed by atoms with Crippen LogP contribution in [0, 0.1) is 6.92 Å². The van der Waals surface area contributed by atoms with Gasteiger partial charge < -0.3 is 9.80 Å². The minimum Gasteiger partial charge on any atom is -0.339 e. The number of rotatable bonds is 6. The first-order valence-corrected chi connectivity index (χ1v) is 11.2. The van der Waals surface area contributed by atoms with E-state index in [2.05, 4.69) is 36.3 Å². The highest BCUT2D eigenvalue weighted by Gasteiger charge is 2.38. The predicted molar refractivity (Wildman–Crippen MR) is 125 cm³/mol.